The van der Waals surface area contributed by atoms with Gasteiger partial charge in [-0.2, -0.15) is 26.3 Å². The molecule has 0 unspecified atom stereocenters. The van der Waals surface area contributed by atoms with Crippen molar-refractivity contribution in [3.63, 3.8) is 0 Å². The average molecular weight is 593 g/mol. The number of morpholine rings is 1. The largest absolute Gasteiger partial charge is 0.416 e. The molecule has 0 spiro atoms. The van der Waals surface area contributed by atoms with Crippen LogP contribution in [0.3, 0.4) is 0 Å². The molecule has 2 saturated heterocycles. The molecule has 2 fully saturated rings. The summed E-state index contributed by atoms with van der Waals surface area (Å²) in [6.07, 6.45) is -5.08. The van der Waals surface area contributed by atoms with Gasteiger partial charge in [0.15, 0.2) is 0 Å². The van der Waals surface area contributed by atoms with Gasteiger partial charge in [-0.1, -0.05) is 24.3 Å². The van der Waals surface area contributed by atoms with Crippen LogP contribution < -0.4 is 0 Å². The first-order valence-corrected chi connectivity index (χ1v) is 13.9. The Kier molecular flexibility index (Phi) is 7.46. The van der Waals surface area contributed by atoms with E-state index in [0.29, 0.717) is 38.3 Å². The van der Waals surface area contributed by atoms with Crippen molar-refractivity contribution in [2.45, 2.75) is 37.3 Å². The number of ether oxygens (including phenoxy) is 1. The number of aromatic amines is 1. The van der Waals surface area contributed by atoms with Crippen LogP contribution >= 0.6 is 0 Å². The number of para-hydroxylation sites is 1. The number of carbonyl (C=O) groups excluding carboxylic acids is 1. The van der Waals surface area contributed by atoms with Crippen LogP contribution in [0.5, 0.6) is 0 Å². The summed E-state index contributed by atoms with van der Waals surface area (Å²) >= 11 is 0. The number of H-pyrrole nitrogens is 1. The summed E-state index contributed by atoms with van der Waals surface area (Å²) in [5, 5.41) is 0.955. The smallest absolute Gasteiger partial charge is 0.379 e. The highest BCUT2D eigenvalue weighted by Crippen LogP contribution is 2.38. The van der Waals surface area contributed by atoms with Crippen molar-refractivity contribution >= 4 is 16.8 Å². The third kappa shape index (κ3) is 5.74. The molecular weight excluding hydrogens is 562 g/mol. The van der Waals surface area contributed by atoms with Gasteiger partial charge in [0.1, 0.15) is 0 Å². The summed E-state index contributed by atoms with van der Waals surface area (Å²) in [5.41, 5.74) is -0.945. The zero-order valence-electron chi connectivity index (χ0n) is 22.6. The molecule has 1 N–H and O–H groups in total. The van der Waals surface area contributed by atoms with E-state index in [-0.39, 0.29) is 18.7 Å². The van der Waals surface area contributed by atoms with Gasteiger partial charge < -0.3 is 19.5 Å². The molecule has 0 radical (unpaired) electrons. The number of hydrogen-bond acceptors (Lipinski definition) is 4. The highest BCUT2D eigenvalue weighted by Gasteiger charge is 2.42. The van der Waals surface area contributed by atoms with E-state index >= 15 is 0 Å². The maximum absolute atomic E-state index is 13.9. The Bertz CT molecular complexity index is 1460. The van der Waals surface area contributed by atoms with Crippen LogP contribution in [0.15, 0.2) is 60.4 Å². The van der Waals surface area contributed by atoms with Gasteiger partial charge in [0.05, 0.1) is 36.9 Å². The predicted molar refractivity (Wildman–Crippen MR) is 144 cm³/mol. The molecule has 3 aliphatic rings. The number of carbonyl (C=O) groups is 1. The Labute approximate surface area is 238 Å². The first-order chi connectivity index (χ1) is 20.0. The number of hydrogen-bond donors (Lipinski definition) is 1. The summed E-state index contributed by atoms with van der Waals surface area (Å²) in [6, 6.07) is 8.42. The molecule has 4 heterocycles. The maximum Gasteiger partial charge on any atom is 0.416 e. The number of benzene rings is 2. The normalized spacial score (nSPS) is 22.0. The van der Waals surface area contributed by atoms with Crippen LogP contribution in [-0.4, -0.2) is 83.6 Å². The molecular formula is C30H30F6N4O2. The fraction of sp³-hybridized carbons (Fsp3) is 0.433. The van der Waals surface area contributed by atoms with Gasteiger partial charge in [0.2, 0.25) is 0 Å². The van der Waals surface area contributed by atoms with Crippen LogP contribution in [0.1, 0.15) is 33.5 Å². The lowest BCUT2D eigenvalue weighted by molar-refractivity contribution is -0.143. The van der Waals surface area contributed by atoms with Crippen molar-refractivity contribution in [3.05, 3.63) is 82.7 Å². The highest BCUT2D eigenvalue weighted by molar-refractivity contribution is 5.95. The van der Waals surface area contributed by atoms with Gasteiger partial charge in [-0.25, -0.2) is 0 Å². The molecule has 0 saturated carbocycles. The van der Waals surface area contributed by atoms with Gasteiger partial charge in [-0.3, -0.25) is 9.69 Å². The number of nitrogens with one attached hydrogen (secondary N) is 1. The Morgan fingerprint density at radius 1 is 0.952 bits per heavy atom. The Hall–Kier alpha value is -3.51. The second-order valence-electron chi connectivity index (χ2n) is 11.1. The van der Waals surface area contributed by atoms with Crippen molar-refractivity contribution in [2.75, 3.05) is 45.9 Å². The number of alkyl halides is 6. The summed E-state index contributed by atoms with van der Waals surface area (Å²) in [7, 11) is 0. The Morgan fingerprint density at radius 3 is 2.33 bits per heavy atom. The van der Waals surface area contributed by atoms with E-state index in [1.165, 1.54) is 4.90 Å². The zero-order valence-corrected chi connectivity index (χ0v) is 22.6. The van der Waals surface area contributed by atoms with Crippen LogP contribution in [0.2, 0.25) is 0 Å². The SMILES string of the molecule is O=C(c1cc(C(F)(F)F)cc(C(F)(F)F)c1)N1CC2=CC[C@H](CN3CCOCC3)N2C[C@H]1Cc1c[nH]c2ccccc12. The number of fused-ring (bicyclic) bond motifs is 2. The van der Waals surface area contributed by atoms with Crippen LogP contribution in [-0.2, 0) is 23.5 Å². The molecule has 2 atom stereocenters. The minimum atomic E-state index is -5.04. The number of aromatic nitrogens is 1. The molecule has 2 aromatic carbocycles. The Morgan fingerprint density at radius 2 is 1.64 bits per heavy atom. The fourth-order valence-electron chi connectivity index (χ4n) is 6.27. The second kappa shape index (κ2) is 11.0. The van der Waals surface area contributed by atoms with E-state index < -0.39 is 41.0 Å². The van der Waals surface area contributed by atoms with E-state index in [0.717, 1.165) is 48.2 Å². The molecule has 1 aromatic heterocycles. The van der Waals surface area contributed by atoms with Gasteiger partial charge in [0.25, 0.3) is 5.91 Å². The monoisotopic (exact) mass is 592 g/mol. The van der Waals surface area contributed by atoms with E-state index in [1.54, 1.807) is 0 Å². The van der Waals surface area contributed by atoms with Crippen molar-refractivity contribution in [3.8, 4) is 0 Å². The van der Waals surface area contributed by atoms with Gasteiger partial charge in [-0.15, -0.1) is 0 Å². The number of amides is 1. The predicted octanol–water partition coefficient (Wildman–Crippen LogP) is 5.56. The molecule has 12 heteroatoms. The van der Waals surface area contributed by atoms with Gasteiger partial charge in [-0.05, 0) is 42.7 Å². The number of piperazine rings is 1. The maximum atomic E-state index is 13.9. The van der Waals surface area contributed by atoms with Crippen molar-refractivity contribution < 1.29 is 35.9 Å². The molecule has 0 aliphatic carbocycles. The van der Waals surface area contributed by atoms with Crippen LogP contribution in [0.25, 0.3) is 10.9 Å². The van der Waals surface area contributed by atoms with E-state index in [2.05, 4.69) is 14.8 Å². The Balaban J connectivity index is 1.33. The highest BCUT2D eigenvalue weighted by atomic mass is 19.4. The quantitative estimate of drug-likeness (QED) is 0.394. The first-order valence-electron chi connectivity index (χ1n) is 13.9. The summed E-state index contributed by atoms with van der Waals surface area (Å²) in [6.45, 7) is 4.28. The zero-order chi connectivity index (χ0) is 29.6. The minimum Gasteiger partial charge on any atom is -0.379 e. The van der Waals surface area contributed by atoms with E-state index in [9.17, 15) is 31.1 Å². The summed E-state index contributed by atoms with van der Waals surface area (Å²) < 4.78 is 87.1. The molecule has 1 amide bonds. The molecule has 42 heavy (non-hydrogen) atoms. The number of halogens is 6. The van der Waals surface area contributed by atoms with Crippen molar-refractivity contribution in [1.82, 2.24) is 19.7 Å². The number of rotatable bonds is 5. The lowest BCUT2D eigenvalue weighted by Gasteiger charge is -2.45. The summed E-state index contributed by atoms with van der Waals surface area (Å²) in [4.78, 5) is 23.1. The molecule has 0 bridgehead atoms. The molecule has 3 aromatic rings. The third-order valence-corrected chi connectivity index (χ3v) is 8.41. The first kappa shape index (κ1) is 28.6. The number of nitrogens with zero attached hydrogens (tertiary/aromatic N) is 3. The third-order valence-electron chi connectivity index (χ3n) is 8.41. The lowest BCUT2D eigenvalue weighted by Crippen LogP contribution is -2.57. The summed E-state index contributed by atoms with van der Waals surface area (Å²) in [5.74, 6) is -0.853. The molecule has 224 valence electrons. The standard InChI is InChI=1S/C30H30F6N4O2/c31-29(32,33)21-11-19(12-22(14-21)30(34,35)36)28(41)40-17-24-6-5-23(16-38-7-9-42-10-8-38)39(24)18-25(40)13-20-15-37-27-4-2-1-3-26(20)27/h1-4,6,11-12,14-15,23,25,37H,5,7-10,13,16-18H2/t23-,25-/m1/s1. The van der Waals surface area contributed by atoms with Gasteiger partial charge >= 0.3 is 12.4 Å². The van der Waals surface area contributed by atoms with E-state index in [4.69, 9.17) is 4.74 Å². The second-order valence-corrected chi connectivity index (χ2v) is 11.1. The van der Waals surface area contributed by atoms with E-state index in [1.807, 2.05) is 36.5 Å². The lowest BCUT2D eigenvalue weighted by atomic mass is 9.98. The van der Waals surface area contributed by atoms with Crippen molar-refractivity contribution in [1.29, 1.82) is 0 Å². The fourth-order valence-corrected chi connectivity index (χ4v) is 6.27. The van der Waals surface area contributed by atoms with Crippen molar-refractivity contribution in [2.24, 2.45) is 0 Å². The molecule has 6 rings (SSSR count). The van der Waals surface area contributed by atoms with Crippen LogP contribution in [0, 0.1) is 0 Å². The van der Waals surface area contributed by atoms with Crippen LogP contribution in [0.4, 0.5) is 26.3 Å². The molecule has 6 nitrogen and oxygen atoms in total. The molecule has 3 aliphatic heterocycles. The topological polar surface area (TPSA) is 51.8 Å². The average Bonchev–Trinajstić information content (AvgIpc) is 3.55. The minimum absolute atomic E-state index is 0.0495. The van der Waals surface area contributed by atoms with Gasteiger partial charge in [0, 0.05) is 60.6 Å².